The molecule has 0 saturated carbocycles. The lowest BCUT2D eigenvalue weighted by Gasteiger charge is -2.53. The second-order valence-corrected chi connectivity index (χ2v) is 13.1. The molecular weight excluding hydrogens is 469 g/mol. The van der Waals surface area contributed by atoms with Crippen molar-refractivity contribution in [3.63, 3.8) is 0 Å². The Labute approximate surface area is 205 Å². The number of nitrogens with two attached hydrogens (primary N) is 1. The van der Waals surface area contributed by atoms with Crippen LogP contribution in [0, 0.1) is 24.1 Å². The van der Waals surface area contributed by atoms with Crippen molar-refractivity contribution in [3.8, 4) is 6.07 Å². The topological polar surface area (TPSA) is 146 Å². The Kier molecular flexibility index (Phi) is 6.23. The average Bonchev–Trinajstić information content (AvgIpc) is 3.02. The zero-order chi connectivity index (χ0) is 25.6. The molecule has 1 amide bonds. The van der Waals surface area contributed by atoms with Gasteiger partial charge in [-0.25, -0.2) is 14.4 Å². The molecule has 0 spiro atoms. The Balaban J connectivity index is 1.76. The summed E-state index contributed by atoms with van der Waals surface area (Å²) in [5.74, 6) is -0.878. The molecule has 4 rings (SSSR count). The van der Waals surface area contributed by atoms with E-state index in [0.29, 0.717) is 24.1 Å². The SMILES string of the molecule is Cc1cc(C#N)cnc1C(=O)Nc1ccc(F)c([C@@]2(C)N=C(N)C(C)(C)[SH]3(=O)NCCCC[C@@H]23)n1. The molecule has 2 aliphatic heterocycles. The minimum Gasteiger partial charge on any atom is -0.386 e. The van der Waals surface area contributed by atoms with Crippen LogP contribution >= 0.6 is 0 Å². The normalized spacial score (nSPS) is 25.8. The number of aliphatic imine (C=N–C) groups is 1. The molecule has 1 saturated heterocycles. The van der Waals surface area contributed by atoms with Crippen LogP contribution in [-0.2, 0) is 15.7 Å². The molecule has 2 aromatic rings. The molecule has 2 atom stereocenters. The number of amides is 1. The van der Waals surface area contributed by atoms with E-state index >= 15 is 4.39 Å². The number of aromatic nitrogens is 2. The van der Waals surface area contributed by atoms with Gasteiger partial charge in [-0.2, -0.15) is 5.26 Å². The van der Waals surface area contributed by atoms with Gasteiger partial charge in [-0.1, -0.05) is 6.42 Å². The summed E-state index contributed by atoms with van der Waals surface area (Å²) in [6, 6.07) is 6.10. The van der Waals surface area contributed by atoms with Crippen molar-refractivity contribution in [2.75, 3.05) is 11.9 Å². The molecule has 0 radical (unpaired) electrons. The number of hydrogen-bond donors (Lipinski definition) is 4. The zero-order valence-corrected chi connectivity index (χ0v) is 21.1. The van der Waals surface area contributed by atoms with Crippen molar-refractivity contribution in [3.05, 3.63) is 52.7 Å². The van der Waals surface area contributed by atoms with Crippen LogP contribution in [0.3, 0.4) is 0 Å². The van der Waals surface area contributed by atoms with Crippen LogP contribution in [0.4, 0.5) is 10.2 Å². The Morgan fingerprint density at radius 3 is 2.77 bits per heavy atom. The summed E-state index contributed by atoms with van der Waals surface area (Å²) in [7, 11) is -3.17. The molecule has 0 bridgehead atoms. The third-order valence-corrected chi connectivity index (χ3v) is 11.4. The summed E-state index contributed by atoms with van der Waals surface area (Å²) in [4.78, 5) is 26.1. The van der Waals surface area contributed by atoms with Crippen LogP contribution in [0.25, 0.3) is 0 Å². The van der Waals surface area contributed by atoms with Gasteiger partial charge in [-0.05, 0) is 74.4 Å². The Morgan fingerprint density at radius 2 is 2.09 bits per heavy atom. The number of nitriles is 1. The van der Waals surface area contributed by atoms with Gasteiger partial charge in [0.15, 0.2) is 0 Å². The first-order valence-electron chi connectivity index (χ1n) is 11.5. The maximum atomic E-state index is 15.3. The lowest BCUT2D eigenvalue weighted by Crippen LogP contribution is -2.67. The van der Waals surface area contributed by atoms with Gasteiger partial charge in [0.2, 0.25) is 0 Å². The maximum Gasteiger partial charge on any atom is 0.275 e. The number of rotatable bonds is 3. The molecule has 4 N–H and O–H groups in total. The van der Waals surface area contributed by atoms with Gasteiger partial charge in [0.25, 0.3) is 5.91 Å². The molecule has 186 valence electrons. The molecule has 4 heterocycles. The fourth-order valence-electron chi connectivity index (χ4n) is 4.98. The third-order valence-electron chi connectivity index (χ3n) is 7.14. The van der Waals surface area contributed by atoms with E-state index in [2.05, 4.69) is 20.0 Å². The molecule has 9 nitrogen and oxygen atoms in total. The number of amidine groups is 1. The average molecular weight is 500 g/mol. The van der Waals surface area contributed by atoms with Crippen molar-refractivity contribution in [2.45, 2.75) is 62.5 Å². The Morgan fingerprint density at radius 1 is 1.34 bits per heavy atom. The summed E-state index contributed by atoms with van der Waals surface area (Å²) < 4.78 is 32.1. The summed E-state index contributed by atoms with van der Waals surface area (Å²) in [5, 5.41) is 11.2. The number of hydrogen-bond acceptors (Lipinski definition) is 7. The lowest BCUT2D eigenvalue weighted by molar-refractivity contribution is 0.102. The van der Waals surface area contributed by atoms with E-state index in [0.717, 1.165) is 12.8 Å². The van der Waals surface area contributed by atoms with E-state index in [1.807, 2.05) is 19.9 Å². The Hall–Kier alpha value is -3.23. The van der Waals surface area contributed by atoms with E-state index < -0.39 is 37.4 Å². The minimum absolute atomic E-state index is 0.0211. The molecule has 1 fully saturated rings. The van der Waals surface area contributed by atoms with Crippen LogP contribution in [0.1, 0.15) is 67.3 Å². The van der Waals surface area contributed by atoms with Crippen molar-refractivity contribution >= 4 is 27.7 Å². The van der Waals surface area contributed by atoms with Gasteiger partial charge < -0.3 is 11.1 Å². The first-order valence-corrected chi connectivity index (χ1v) is 13.3. The lowest BCUT2D eigenvalue weighted by atomic mass is 9.88. The highest BCUT2D eigenvalue weighted by Crippen LogP contribution is 2.47. The number of nitrogens with one attached hydrogen (secondary N) is 2. The molecule has 2 aliphatic rings. The third kappa shape index (κ3) is 4.00. The van der Waals surface area contributed by atoms with Gasteiger partial charge in [-0.15, -0.1) is 0 Å². The quantitative estimate of drug-likeness (QED) is 0.477. The minimum atomic E-state index is -3.17. The van der Waals surface area contributed by atoms with Crippen LogP contribution < -0.4 is 15.8 Å². The van der Waals surface area contributed by atoms with Crippen molar-refractivity contribution < 1.29 is 13.4 Å². The number of fused-ring (bicyclic) bond motifs is 1. The number of carbonyl (C=O) groups is 1. The van der Waals surface area contributed by atoms with E-state index in [1.54, 1.807) is 19.9 Å². The standard InChI is InChI=1S/C24H30FN7O2S/c1-14-11-15(12-26)13-28-19(14)21(33)31-18-9-8-16(25)20(30-18)24(4)17-7-5-6-10-29-35(17,34)23(2,3)22(27)32-24/h8-9,11,13,17,35H,5-7,10H2,1-4H3,(H2,27,32)(H,29,34)(H,30,31,33)/t17-,24-/m0/s1. The number of nitrogens with zero attached hydrogens (tertiary/aromatic N) is 4. The monoisotopic (exact) mass is 499 g/mol. The predicted molar refractivity (Wildman–Crippen MR) is 134 cm³/mol. The summed E-state index contributed by atoms with van der Waals surface area (Å²) >= 11 is 0. The van der Waals surface area contributed by atoms with Crippen molar-refractivity contribution in [1.29, 1.82) is 5.26 Å². The fourth-order valence-corrected chi connectivity index (χ4v) is 8.69. The number of carbonyl (C=O) groups excluding carboxylic acids is 1. The smallest absolute Gasteiger partial charge is 0.275 e. The number of aryl methyl sites for hydroxylation is 1. The Bertz CT molecular complexity index is 1320. The highest BCUT2D eigenvalue weighted by Gasteiger charge is 2.57. The first-order chi connectivity index (χ1) is 16.4. The molecule has 0 aliphatic carbocycles. The summed E-state index contributed by atoms with van der Waals surface area (Å²) in [5.41, 5.74) is 6.02. The highest BCUT2D eigenvalue weighted by atomic mass is 32.3. The van der Waals surface area contributed by atoms with Crippen LogP contribution in [0.5, 0.6) is 0 Å². The largest absolute Gasteiger partial charge is 0.386 e. The van der Waals surface area contributed by atoms with Gasteiger partial charge in [0.05, 0.1) is 15.6 Å². The van der Waals surface area contributed by atoms with Gasteiger partial charge in [0.1, 0.15) is 40.5 Å². The van der Waals surface area contributed by atoms with Crippen LogP contribution in [0.15, 0.2) is 29.4 Å². The second kappa shape index (κ2) is 8.77. The molecule has 11 heteroatoms. The zero-order valence-electron chi connectivity index (χ0n) is 20.2. The van der Waals surface area contributed by atoms with Crippen molar-refractivity contribution in [1.82, 2.24) is 14.7 Å². The number of anilines is 1. The number of thiol groups is 1. The molecule has 0 aromatic carbocycles. The second-order valence-electron chi connectivity index (χ2n) is 9.76. The molecule has 2 aromatic heterocycles. The van der Waals surface area contributed by atoms with E-state index in [-0.39, 0.29) is 23.0 Å². The van der Waals surface area contributed by atoms with Crippen LogP contribution in [0.2, 0.25) is 0 Å². The van der Waals surface area contributed by atoms with Gasteiger partial charge in [-0.3, -0.25) is 18.7 Å². The van der Waals surface area contributed by atoms with E-state index in [4.69, 9.17) is 16.0 Å². The van der Waals surface area contributed by atoms with Crippen LogP contribution in [-0.4, -0.2) is 42.5 Å². The molecule has 35 heavy (non-hydrogen) atoms. The van der Waals surface area contributed by atoms with Crippen molar-refractivity contribution in [2.24, 2.45) is 10.7 Å². The maximum absolute atomic E-state index is 15.3. The number of pyridine rings is 2. The highest BCUT2D eigenvalue weighted by molar-refractivity contribution is 8.03. The number of halogens is 1. The molecule has 0 unspecified atom stereocenters. The van der Waals surface area contributed by atoms with E-state index in [9.17, 15) is 9.00 Å². The van der Waals surface area contributed by atoms with Gasteiger partial charge >= 0.3 is 0 Å². The van der Waals surface area contributed by atoms with Gasteiger partial charge in [0, 0.05) is 12.7 Å². The summed E-state index contributed by atoms with van der Waals surface area (Å²) in [6.07, 6.45) is 3.54. The first kappa shape index (κ1) is 24.9. The molecular formula is C24H30FN7O2S. The fraction of sp³-hybridized carbons (Fsp3) is 0.458. The van der Waals surface area contributed by atoms with E-state index in [1.165, 1.54) is 18.3 Å². The summed E-state index contributed by atoms with van der Waals surface area (Å²) in [6.45, 7) is 7.59. The predicted octanol–water partition coefficient (Wildman–Crippen LogP) is 2.49.